The first kappa shape index (κ1) is 10.9. The third kappa shape index (κ3) is 3.23. The molecule has 1 rings (SSSR count). The first-order chi connectivity index (χ1) is 6.02. The van der Waals surface area contributed by atoms with Crippen LogP contribution in [-0.4, -0.2) is 17.0 Å². The number of benzene rings is 1. The van der Waals surface area contributed by atoms with Crippen LogP contribution in [0, 0.1) is 0 Å². The van der Waals surface area contributed by atoms with Gasteiger partial charge in [-0.05, 0) is 13.1 Å². The molecule has 1 nitrogen and oxygen atoms in total. The Balaban J connectivity index is 2.81. The topological polar surface area (TPSA) is 9.23 Å². The van der Waals surface area contributed by atoms with Gasteiger partial charge in [-0.25, -0.2) is 0 Å². The van der Waals surface area contributed by atoms with Gasteiger partial charge in [0.15, 0.2) is 9.04 Å². The van der Waals surface area contributed by atoms with Gasteiger partial charge in [-0.15, -0.1) is 0 Å². The largest absolute Gasteiger partial charge is 0.507 e. The molecule has 0 aliphatic rings. The predicted molar refractivity (Wildman–Crippen MR) is 57.4 cm³/mol. The van der Waals surface area contributed by atoms with Crippen LogP contribution in [0.25, 0.3) is 0 Å². The third-order valence-corrected chi connectivity index (χ3v) is 6.46. The maximum Gasteiger partial charge on any atom is 0.507 e. The fourth-order valence-corrected chi connectivity index (χ4v) is 5.82. The van der Waals surface area contributed by atoms with Crippen molar-refractivity contribution >= 4 is 33.3 Å². The van der Waals surface area contributed by atoms with Crippen LogP contribution in [0.4, 0.5) is 4.11 Å². The van der Waals surface area contributed by atoms with Gasteiger partial charge in [0, 0.05) is 5.19 Å². The Bertz CT molecular complexity index is 266. The van der Waals surface area contributed by atoms with Gasteiger partial charge in [0.25, 0.3) is 0 Å². The third-order valence-electron chi connectivity index (χ3n) is 1.44. The molecule has 5 heteroatoms. The van der Waals surface area contributed by atoms with E-state index in [-0.39, 0.29) is 0 Å². The van der Waals surface area contributed by atoms with Crippen LogP contribution in [0.3, 0.4) is 0 Å². The van der Waals surface area contributed by atoms with Gasteiger partial charge >= 0.3 is 7.96 Å². The summed E-state index contributed by atoms with van der Waals surface area (Å²) >= 11 is 5.73. The Labute approximate surface area is 85.2 Å². The second-order valence-corrected chi connectivity index (χ2v) is 8.60. The molecule has 1 radical (unpaired) electrons. The summed E-state index contributed by atoms with van der Waals surface area (Å²) < 4.78 is 18.9. The smallest absolute Gasteiger partial charge is 0.419 e. The predicted octanol–water partition coefficient (Wildman–Crippen LogP) is 2.31. The van der Waals surface area contributed by atoms with E-state index in [0.717, 1.165) is 0 Å². The molecule has 0 spiro atoms. The number of rotatable bonds is 3. The van der Waals surface area contributed by atoms with E-state index in [1.165, 1.54) is 0 Å². The zero-order chi connectivity index (χ0) is 9.90. The summed E-state index contributed by atoms with van der Waals surface area (Å²) in [7, 11) is -4.71. The van der Waals surface area contributed by atoms with Crippen molar-refractivity contribution in [3.63, 3.8) is 0 Å². The molecule has 1 aromatic carbocycles. The molecule has 1 unspecified atom stereocenters. The molecule has 13 heavy (non-hydrogen) atoms. The normalized spacial score (nSPS) is 15.8. The summed E-state index contributed by atoms with van der Waals surface area (Å²) in [4.78, 5) is 0. The van der Waals surface area contributed by atoms with Gasteiger partial charge in [0.05, 0.1) is 0 Å². The molecule has 0 amide bonds. The van der Waals surface area contributed by atoms with E-state index in [9.17, 15) is 4.11 Å². The molecule has 0 aromatic heterocycles. The lowest BCUT2D eigenvalue weighted by Gasteiger charge is -2.17. The lowest BCUT2D eigenvalue weighted by molar-refractivity contribution is 0.522. The van der Waals surface area contributed by atoms with Gasteiger partial charge in [-0.3, -0.25) is 4.11 Å². The van der Waals surface area contributed by atoms with Crippen LogP contribution in [0.1, 0.15) is 0 Å². The molecule has 1 aromatic rings. The molecule has 0 aliphatic heterocycles. The molecule has 0 heterocycles. The SMILES string of the molecule is C[Si](C)O[Si](F)(Cl)c1ccccc1. The second kappa shape index (κ2) is 4.37. The molecular weight excluding hydrogens is 223 g/mol. The van der Waals surface area contributed by atoms with Crippen molar-refractivity contribution in [2.24, 2.45) is 0 Å². The van der Waals surface area contributed by atoms with Crippen LogP contribution in [0.2, 0.25) is 13.1 Å². The minimum Gasteiger partial charge on any atom is -0.419 e. The lowest BCUT2D eigenvalue weighted by atomic mass is 10.4. The molecule has 0 bridgehead atoms. The number of halogens is 2. The van der Waals surface area contributed by atoms with Crippen molar-refractivity contribution in [1.29, 1.82) is 0 Å². The van der Waals surface area contributed by atoms with Crippen LogP contribution < -0.4 is 5.19 Å². The average molecular weight is 234 g/mol. The summed E-state index contributed by atoms with van der Waals surface area (Å²) in [5, 5.41) is 0.489. The minimum absolute atomic E-state index is 0.489. The van der Waals surface area contributed by atoms with Crippen molar-refractivity contribution in [2.45, 2.75) is 13.1 Å². The highest BCUT2D eigenvalue weighted by Gasteiger charge is 2.37. The zero-order valence-electron chi connectivity index (χ0n) is 7.55. The van der Waals surface area contributed by atoms with Crippen molar-refractivity contribution < 1.29 is 8.22 Å². The summed E-state index contributed by atoms with van der Waals surface area (Å²) in [6, 6.07) is 8.70. The fourth-order valence-electron chi connectivity index (χ4n) is 0.947. The Morgan fingerprint density at radius 3 is 2.31 bits per heavy atom. The Kier molecular flexibility index (Phi) is 3.67. The second-order valence-electron chi connectivity index (χ2n) is 2.89. The summed E-state index contributed by atoms with van der Waals surface area (Å²) in [5.74, 6) is 0. The minimum atomic E-state index is -3.63. The highest BCUT2D eigenvalue weighted by atomic mass is 35.6. The van der Waals surface area contributed by atoms with Crippen LogP contribution in [0.15, 0.2) is 30.3 Å². The summed E-state index contributed by atoms with van der Waals surface area (Å²) in [6.07, 6.45) is 0. The molecule has 1 atom stereocenters. The van der Waals surface area contributed by atoms with Crippen molar-refractivity contribution in [3.05, 3.63) is 30.3 Å². The van der Waals surface area contributed by atoms with E-state index in [0.29, 0.717) is 5.19 Å². The van der Waals surface area contributed by atoms with E-state index in [1.807, 2.05) is 19.2 Å². The van der Waals surface area contributed by atoms with E-state index >= 15 is 0 Å². The summed E-state index contributed by atoms with van der Waals surface area (Å²) in [6.45, 7) is 3.74. The Morgan fingerprint density at radius 2 is 1.85 bits per heavy atom. The van der Waals surface area contributed by atoms with Crippen molar-refractivity contribution in [3.8, 4) is 0 Å². The average Bonchev–Trinajstić information content (AvgIpc) is 2.04. The van der Waals surface area contributed by atoms with Gasteiger partial charge < -0.3 is 4.12 Å². The highest BCUT2D eigenvalue weighted by molar-refractivity contribution is 7.21. The van der Waals surface area contributed by atoms with E-state index in [4.69, 9.17) is 15.2 Å². The maximum atomic E-state index is 13.8. The monoisotopic (exact) mass is 233 g/mol. The summed E-state index contributed by atoms with van der Waals surface area (Å²) in [5.41, 5.74) is 0. The van der Waals surface area contributed by atoms with Crippen LogP contribution in [0.5, 0.6) is 0 Å². The molecule has 0 saturated carbocycles. The van der Waals surface area contributed by atoms with E-state index in [1.54, 1.807) is 24.3 Å². The molecule has 0 saturated heterocycles. The first-order valence-corrected chi connectivity index (χ1v) is 9.15. The number of hydrogen-bond donors (Lipinski definition) is 0. The van der Waals surface area contributed by atoms with Gasteiger partial charge in [0.2, 0.25) is 0 Å². The molecule has 0 N–H and O–H groups in total. The maximum absolute atomic E-state index is 13.8. The first-order valence-electron chi connectivity index (χ1n) is 3.95. The van der Waals surface area contributed by atoms with Crippen LogP contribution in [-0.2, 0) is 4.12 Å². The molecule has 71 valence electrons. The Hall–Kier alpha value is -0.166. The molecular formula is C8H11ClFOSi2. The van der Waals surface area contributed by atoms with E-state index < -0.39 is 17.0 Å². The van der Waals surface area contributed by atoms with E-state index in [2.05, 4.69) is 0 Å². The molecule has 0 aliphatic carbocycles. The molecule has 0 fully saturated rings. The zero-order valence-corrected chi connectivity index (χ0v) is 10.3. The standard InChI is InChI=1S/C8H11ClFOSi2/c1-12(2)11-13(9,10)8-6-4-3-5-7-8/h3-7H,1-2H3. The van der Waals surface area contributed by atoms with Crippen molar-refractivity contribution in [1.82, 2.24) is 0 Å². The van der Waals surface area contributed by atoms with Crippen molar-refractivity contribution in [2.75, 3.05) is 0 Å². The fraction of sp³-hybridized carbons (Fsp3) is 0.250. The highest BCUT2D eigenvalue weighted by Crippen LogP contribution is 2.14. The van der Waals surface area contributed by atoms with Gasteiger partial charge in [-0.1, -0.05) is 41.4 Å². The lowest BCUT2D eigenvalue weighted by Crippen LogP contribution is -2.44. The Morgan fingerprint density at radius 1 is 1.31 bits per heavy atom. The van der Waals surface area contributed by atoms with Gasteiger partial charge in [0.1, 0.15) is 0 Å². The quantitative estimate of drug-likeness (QED) is 0.575. The number of hydrogen-bond acceptors (Lipinski definition) is 1. The van der Waals surface area contributed by atoms with Gasteiger partial charge in [-0.2, -0.15) is 0 Å². The van der Waals surface area contributed by atoms with Crippen LogP contribution >= 0.6 is 11.1 Å².